The highest BCUT2D eigenvalue weighted by atomic mass is 16.4. The van der Waals surface area contributed by atoms with Gasteiger partial charge in [-0.3, -0.25) is 24.0 Å². The molecule has 0 fully saturated rings. The van der Waals surface area contributed by atoms with Crippen LogP contribution in [-0.4, -0.2) is 76.5 Å². The lowest BCUT2D eigenvalue weighted by molar-refractivity contribution is -0.144. The van der Waals surface area contributed by atoms with E-state index >= 15 is 0 Å². The van der Waals surface area contributed by atoms with Crippen LogP contribution in [0.15, 0.2) is 0 Å². The number of hydrogen-bond donors (Lipinski definition) is 8. The van der Waals surface area contributed by atoms with Gasteiger partial charge in [-0.05, 0) is 44.6 Å². The predicted octanol–water partition coefficient (Wildman–Crippen LogP) is -2.23. The van der Waals surface area contributed by atoms with Gasteiger partial charge in [0.1, 0.15) is 18.1 Å². The summed E-state index contributed by atoms with van der Waals surface area (Å²) in [5.41, 5.74) is 16.2. The number of nitrogens with two attached hydrogens (primary N) is 3. The van der Waals surface area contributed by atoms with Gasteiger partial charge in [0, 0.05) is 6.42 Å². The van der Waals surface area contributed by atoms with Crippen LogP contribution in [0, 0.1) is 5.92 Å². The van der Waals surface area contributed by atoms with Gasteiger partial charge < -0.3 is 43.4 Å². The summed E-state index contributed by atoms with van der Waals surface area (Å²) < 4.78 is 0. The van der Waals surface area contributed by atoms with Crippen molar-refractivity contribution in [3.8, 4) is 0 Å². The highest BCUT2D eigenvalue weighted by Gasteiger charge is 2.31. The molecule has 0 radical (unpaired) electrons. The van der Waals surface area contributed by atoms with Crippen molar-refractivity contribution in [2.75, 3.05) is 6.54 Å². The van der Waals surface area contributed by atoms with E-state index in [0.717, 1.165) is 0 Å². The standard InChI is InChI=1S/C21H38N6O8/c1-11(2)9-14(26-18(31)12(23)6-7-16(24)28)19(32)27-15(10-17(29)30)20(33)25-13(21(34)35)5-3-4-8-22/h11-15H,3-10,22-23H2,1-2H3,(H2,24,28)(H,25,33)(H,26,31)(H,27,32)(H,29,30)(H,34,35). The third kappa shape index (κ3) is 13.9. The van der Waals surface area contributed by atoms with Gasteiger partial charge in [-0.15, -0.1) is 0 Å². The topological polar surface area (TPSA) is 257 Å². The number of carbonyl (C=O) groups excluding carboxylic acids is 4. The fraction of sp³-hybridized carbons (Fsp3) is 0.714. The van der Waals surface area contributed by atoms with Crippen molar-refractivity contribution in [3.05, 3.63) is 0 Å². The second-order valence-corrected chi connectivity index (χ2v) is 8.65. The first-order chi connectivity index (χ1) is 16.3. The van der Waals surface area contributed by atoms with Gasteiger partial charge in [-0.25, -0.2) is 4.79 Å². The average Bonchev–Trinajstić information content (AvgIpc) is 2.74. The molecule has 0 aromatic rings. The lowest BCUT2D eigenvalue weighted by Crippen LogP contribution is -2.57. The van der Waals surface area contributed by atoms with E-state index in [-0.39, 0.29) is 31.6 Å². The monoisotopic (exact) mass is 502 g/mol. The Labute approximate surface area is 203 Å². The Kier molecular flexibility index (Phi) is 14.9. The molecular formula is C21H38N6O8. The summed E-state index contributed by atoms with van der Waals surface area (Å²) in [5, 5.41) is 25.5. The molecule has 0 aliphatic heterocycles. The first kappa shape index (κ1) is 31.7. The number of carboxylic acids is 2. The first-order valence-electron chi connectivity index (χ1n) is 11.4. The van der Waals surface area contributed by atoms with Gasteiger partial charge in [-0.1, -0.05) is 13.8 Å². The van der Waals surface area contributed by atoms with Gasteiger partial charge in [-0.2, -0.15) is 0 Å². The Hall–Kier alpha value is -3.26. The van der Waals surface area contributed by atoms with Gasteiger partial charge >= 0.3 is 11.9 Å². The number of primary amides is 1. The Bertz CT molecular complexity index is 760. The Morgan fingerprint density at radius 1 is 0.800 bits per heavy atom. The smallest absolute Gasteiger partial charge is 0.326 e. The molecule has 35 heavy (non-hydrogen) atoms. The Morgan fingerprint density at radius 3 is 1.83 bits per heavy atom. The lowest BCUT2D eigenvalue weighted by Gasteiger charge is -2.25. The van der Waals surface area contributed by atoms with Gasteiger partial charge in [0.25, 0.3) is 0 Å². The van der Waals surface area contributed by atoms with Crippen molar-refractivity contribution < 1.29 is 39.0 Å². The number of amides is 4. The summed E-state index contributed by atoms with van der Waals surface area (Å²) in [6, 6.07) is -5.16. The summed E-state index contributed by atoms with van der Waals surface area (Å²) in [7, 11) is 0. The minimum atomic E-state index is -1.59. The van der Waals surface area contributed by atoms with E-state index in [1.807, 2.05) is 0 Å². The molecule has 0 aliphatic carbocycles. The zero-order valence-corrected chi connectivity index (χ0v) is 20.1. The van der Waals surface area contributed by atoms with Crippen molar-refractivity contribution in [1.82, 2.24) is 16.0 Å². The molecule has 4 unspecified atom stereocenters. The van der Waals surface area contributed by atoms with Crippen molar-refractivity contribution in [1.29, 1.82) is 0 Å². The summed E-state index contributed by atoms with van der Waals surface area (Å²) in [5.74, 6) is -6.01. The number of rotatable bonds is 18. The van der Waals surface area contributed by atoms with Crippen molar-refractivity contribution in [3.63, 3.8) is 0 Å². The zero-order chi connectivity index (χ0) is 27.1. The van der Waals surface area contributed by atoms with Gasteiger partial charge in [0.2, 0.25) is 23.6 Å². The van der Waals surface area contributed by atoms with Crippen molar-refractivity contribution in [2.24, 2.45) is 23.1 Å². The highest BCUT2D eigenvalue weighted by molar-refractivity contribution is 5.95. The minimum absolute atomic E-state index is 0.0397. The molecule has 0 spiro atoms. The molecule has 0 saturated carbocycles. The largest absolute Gasteiger partial charge is 0.481 e. The molecule has 0 heterocycles. The van der Waals surface area contributed by atoms with Gasteiger partial charge in [0.15, 0.2) is 0 Å². The van der Waals surface area contributed by atoms with Crippen molar-refractivity contribution >= 4 is 35.6 Å². The van der Waals surface area contributed by atoms with Crippen LogP contribution in [-0.2, 0) is 28.8 Å². The summed E-state index contributed by atoms with van der Waals surface area (Å²) in [4.78, 5) is 71.6. The van der Waals surface area contributed by atoms with E-state index in [2.05, 4.69) is 16.0 Å². The zero-order valence-electron chi connectivity index (χ0n) is 20.1. The normalized spacial score (nSPS) is 14.3. The van der Waals surface area contributed by atoms with Crippen molar-refractivity contribution in [2.45, 2.75) is 83.0 Å². The molecule has 14 heteroatoms. The Balaban J connectivity index is 5.46. The molecule has 0 saturated heterocycles. The van der Waals surface area contributed by atoms with Crippen LogP contribution < -0.4 is 33.2 Å². The number of nitrogens with one attached hydrogen (secondary N) is 3. The molecule has 0 aromatic heterocycles. The maximum Gasteiger partial charge on any atom is 0.326 e. The maximum absolute atomic E-state index is 12.9. The number of unbranched alkanes of at least 4 members (excludes halogenated alkanes) is 1. The van der Waals surface area contributed by atoms with Crippen LogP contribution in [0.4, 0.5) is 0 Å². The molecule has 0 rings (SSSR count). The molecule has 4 atom stereocenters. The second kappa shape index (κ2) is 16.4. The van der Waals surface area contributed by atoms with E-state index < -0.39 is 66.2 Å². The number of aliphatic carboxylic acids is 2. The van der Waals surface area contributed by atoms with E-state index in [1.165, 1.54) is 0 Å². The van der Waals surface area contributed by atoms with Crippen LogP contribution in [0.1, 0.15) is 58.8 Å². The quantitative estimate of drug-likeness (QED) is 0.0935. The maximum atomic E-state index is 12.9. The summed E-state index contributed by atoms with van der Waals surface area (Å²) in [6.07, 6.45) is 0.177. The molecule has 14 nitrogen and oxygen atoms in total. The SMILES string of the molecule is CC(C)CC(NC(=O)C(N)CCC(N)=O)C(=O)NC(CC(=O)O)C(=O)NC(CCCCN)C(=O)O. The third-order valence-electron chi connectivity index (χ3n) is 4.95. The molecule has 0 aliphatic rings. The third-order valence-corrected chi connectivity index (χ3v) is 4.95. The molecule has 11 N–H and O–H groups in total. The fourth-order valence-corrected chi connectivity index (χ4v) is 3.09. The van der Waals surface area contributed by atoms with Crippen LogP contribution in [0.5, 0.6) is 0 Å². The van der Waals surface area contributed by atoms with Gasteiger partial charge in [0.05, 0.1) is 12.5 Å². The summed E-state index contributed by atoms with van der Waals surface area (Å²) >= 11 is 0. The molecule has 0 bridgehead atoms. The number of carbonyl (C=O) groups is 6. The molecule has 200 valence electrons. The number of carboxylic acid groups (broad SMARTS) is 2. The molecule has 4 amide bonds. The summed E-state index contributed by atoms with van der Waals surface area (Å²) in [6.45, 7) is 3.90. The van der Waals surface area contributed by atoms with E-state index in [1.54, 1.807) is 13.8 Å². The van der Waals surface area contributed by atoms with Crippen LogP contribution in [0.3, 0.4) is 0 Å². The van der Waals surface area contributed by atoms with Crippen LogP contribution in [0.2, 0.25) is 0 Å². The minimum Gasteiger partial charge on any atom is -0.481 e. The van der Waals surface area contributed by atoms with Crippen LogP contribution >= 0.6 is 0 Å². The van der Waals surface area contributed by atoms with E-state index in [0.29, 0.717) is 19.4 Å². The lowest BCUT2D eigenvalue weighted by atomic mass is 10.0. The second-order valence-electron chi connectivity index (χ2n) is 8.65. The molecule has 0 aromatic carbocycles. The predicted molar refractivity (Wildman–Crippen MR) is 124 cm³/mol. The van der Waals surface area contributed by atoms with Crippen LogP contribution in [0.25, 0.3) is 0 Å². The average molecular weight is 503 g/mol. The molecular weight excluding hydrogens is 464 g/mol. The van der Waals surface area contributed by atoms with E-state index in [9.17, 15) is 39.0 Å². The Morgan fingerprint density at radius 2 is 1.34 bits per heavy atom. The fourth-order valence-electron chi connectivity index (χ4n) is 3.09. The highest BCUT2D eigenvalue weighted by Crippen LogP contribution is 2.08. The van der Waals surface area contributed by atoms with E-state index in [4.69, 9.17) is 17.2 Å². The first-order valence-corrected chi connectivity index (χ1v) is 11.4. The number of hydrogen-bond acceptors (Lipinski definition) is 8.